The predicted octanol–water partition coefficient (Wildman–Crippen LogP) is 4.10. The van der Waals surface area contributed by atoms with Gasteiger partial charge in [0.2, 0.25) is 0 Å². The maximum absolute atomic E-state index is 12.3. The predicted molar refractivity (Wildman–Crippen MR) is 89.4 cm³/mol. The third-order valence-electron chi connectivity index (χ3n) is 6.25. The van der Waals surface area contributed by atoms with Gasteiger partial charge in [-0.05, 0) is 55.7 Å². The number of hydrogen-bond donors (Lipinski definition) is 0. The van der Waals surface area contributed by atoms with E-state index in [1.165, 1.54) is 25.7 Å². The second kappa shape index (κ2) is 6.10. The van der Waals surface area contributed by atoms with Crippen molar-refractivity contribution in [3.05, 3.63) is 36.2 Å². The van der Waals surface area contributed by atoms with Crippen molar-refractivity contribution in [2.45, 2.75) is 45.1 Å². The second-order valence-electron chi connectivity index (χ2n) is 7.46. The quantitative estimate of drug-likeness (QED) is 0.772. The average molecular weight is 311 g/mol. The third-order valence-corrected chi connectivity index (χ3v) is 6.25. The largest absolute Gasteiger partial charge is 0.462 e. The monoisotopic (exact) mass is 311 g/mol. The Labute approximate surface area is 138 Å². The third kappa shape index (κ3) is 2.71. The Balaban J connectivity index is 1.64. The summed E-state index contributed by atoms with van der Waals surface area (Å²) in [5.74, 6) is 2.36. The minimum absolute atomic E-state index is 0.0442. The molecule has 1 saturated heterocycles. The summed E-state index contributed by atoms with van der Waals surface area (Å²) in [7, 11) is 0. The molecular formula is C20H25NO2. The summed E-state index contributed by atoms with van der Waals surface area (Å²) in [6.45, 7) is 2.08. The van der Waals surface area contributed by atoms with E-state index in [0.717, 1.165) is 12.1 Å². The Morgan fingerprint density at radius 1 is 1.26 bits per heavy atom. The summed E-state index contributed by atoms with van der Waals surface area (Å²) in [4.78, 5) is 16.7. The molecule has 0 bridgehead atoms. The Hall–Kier alpha value is -1.64. The van der Waals surface area contributed by atoms with Gasteiger partial charge in [0.15, 0.2) is 0 Å². The minimum Gasteiger partial charge on any atom is -0.462 e. The van der Waals surface area contributed by atoms with Crippen molar-refractivity contribution in [1.29, 1.82) is 0 Å². The van der Waals surface area contributed by atoms with Crippen molar-refractivity contribution in [1.82, 2.24) is 4.98 Å². The molecule has 1 aliphatic heterocycles. The minimum atomic E-state index is 0.0442. The summed E-state index contributed by atoms with van der Waals surface area (Å²) < 4.78 is 5.61. The van der Waals surface area contributed by atoms with E-state index < -0.39 is 0 Å². The molecule has 0 N–H and O–H groups in total. The lowest BCUT2D eigenvalue weighted by molar-refractivity contribution is -0.144. The van der Waals surface area contributed by atoms with Gasteiger partial charge in [-0.2, -0.15) is 0 Å². The van der Waals surface area contributed by atoms with Crippen LogP contribution in [0.15, 0.2) is 30.5 Å². The van der Waals surface area contributed by atoms with Gasteiger partial charge in [0.25, 0.3) is 0 Å². The smallest absolute Gasteiger partial charge is 0.309 e. The Morgan fingerprint density at radius 3 is 2.96 bits per heavy atom. The number of allylic oxidation sites excluding steroid dienone is 1. The SMILES string of the molecule is C[C@H]1OC(=O)[C@@H]2C[C@@H]3CCCCC3C(/C=C/c3ccccn3)[C@H]12. The molecule has 3 nitrogen and oxygen atoms in total. The van der Waals surface area contributed by atoms with E-state index in [2.05, 4.69) is 24.1 Å². The van der Waals surface area contributed by atoms with Crippen molar-refractivity contribution in [2.75, 3.05) is 0 Å². The van der Waals surface area contributed by atoms with Crippen LogP contribution in [0.1, 0.15) is 44.7 Å². The second-order valence-corrected chi connectivity index (χ2v) is 7.46. The van der Waals surface area contributed by atoms with Crippen molar-refractivity contribution >= 4 is 12.0 Å². The number of ether oxygens (including phenoxy) is 1. The lowest BCUT2D eigenvalue weighted by Gasteiger charge is -2.45. The molecule has 4 rings (SSSR count). The number of carbonyl (C=O) groups excluding carboxylic acids is 1. The van der Waals surface area contributed by atoms with E-state index in [9.17, 15) is 4.79 Å². The van der Waals surface area contributed by atoms with E-state index in [1.807, 2.05) is 24.4 Å². The topological polar surface area (TPSA) is 39.2 Å². The molecule has 1 aromatic rings. The number of cyclic esters (lactones) is 1. The maximum Gasteiger partial charge on any atom is 0.309 e. The molecule has 0 radical (unpaired) electrons. The van der Waals surface area contributed by atoms with E-state index in [0.29, 0.717) is 23.7 Å². The lowest BCUT2D eigenvalue weighted by atomic mass is 9.57. The van der Waals surface area contributed by atoms with Gasteiger partial charge in [0.1, 0.15) is 6.10 Å². The number of hydrogen-bond acceptors (Lipinski definition) is 3. The molecule has 2 saturated carbocycles. The number of carbonyl (C=O) groups is 1. The first-order chi connectivity index (χ1) is 11.2. The maximum atomic E-state index is 12.3. The highest BCUT2D eigenvalue weighted by atomic mass is 16.6. The van der Waals surface area contributed by atoms with Crippen LogP contribution in [-0.4, -0.2) is 17.1 Å². The van der Waals surface area contributed by atoms with Crippen LogP contribution in [0.2, 0.25) is 0 Å². The van der Waals surface area contributed by atoms with Crippen LogP contribution in [0, 0.1) is 29.6 Å². The molecule has 3 heteroatoms. The van der Waals surface area contributed by atoms with Gasteiger partial charge in [-0.3, -0.25) is 9.78 Å². The standard InChI is InChI=1S/C20H25NO2/c1-13-19-17(10-9-15-7-4-5-11-21-15)16-8-3-2-6-14(16)12-18(19)20(22)23-13/h4-5,7,9-11,13-14,16-19H,2-3,6,8,12H2,1H3/b10-9+/t13-,14+,16?,17?,18-,19+/m1/s1. The molecule has 2 aliphatic carbocycles. The van der Waals surface area contributed by atoms with Crippen molar-refractivity contribution in [2.24, 2.45) is 29.6 Å². The zero-order chi connectivity index (χ0) is 15.8. The summed E-state index contributed by atoms with van der Waals surface area (Å²) in [5, 5.41) is 0. The van der Waals surface area contributed by atoms with Crippen LogP contribution < -0.4 is 0 Å². The Kier molecular flexibility index (Phi) is 3.96. The normalized spacial score (nSPS) is 39.8. The molecule has 0 amide bonds. The van der Waals surface area contributed by atoms with Gasteiger partial charge in [0.05, 0.1) is 11.6 Å². The fourth-order valence-electron chi connectivity index (χ4n) is 5.27. The fraction of sp³-hybridized carbons (Fsp3) is 0.600. The van der Waals surface area contributed by atoms with Gasteiger partial charge in [-0.1, -0.05) is 31.4 Å². The number of pyridine rings is 1. The number of aromatic nitrogens is 1. The van der Waals surface area contributed by atoms with Crippen LogP contribution in [0.25, 0.3) is 6.08 Å². The van der Waals surface area contributed by atoms with Gasteiger partial charge in [-0.25, -0.2) is 0 Å². The number of esters is 1. The molecule has 0 spiro atoms. The molecule has 1 aromatic heterocycles. The van der Waals surface area contributed by atoms with E-state index in [-0.39, 0.29) is 18.0 Å². The summed E-state index contributed by atoms with van der Waals surface area (Å²) >= 11 is 0. The Morgan fingerprint density at radius 2 is 2.13 bits per heavy atom. The van der Waals surface area contributed by atoms with E-state index >= 15 is 0 Å². The molecule has 0 aromatic carbocycles. The fourth-order valence-corrected chi connectivity index (χ4v) is 5.27. The van der Waals surface area contributed by atoms with Crippen LogP contribution in [0.4, 0.5) is 0 Å². The van der Waals surface area contributed by atoms with Crippen molar-refractivity contribution in [3.8, 4) is 0 Å². The summed E-state index contributed by atoms with van der Waals surface area (Å²) in [6.07, 6.45) is 12.6. The zero-order valence-corrected chi connectivity index (χ0v) is 13.7. The van der Waals surface area contributed by atoms with Gasteiger partial charge in [-0.15, -0.1) is 0 Å². The molecule has 2 heterocycles. The highest BCUT2D eigenvalue weighted by Gasteiger charge is 2.53. The molecule has 3 fully saturated rings. The first-order valence-corrected chi connectivity index (χ1v) is 9.04. The van der Waals surface area contributed by atoms with E-state index in [4.69, 9.17) is 4.74 Å². The Bertz CT molecular complexity index is 597. The average Bonchev–Trinajstić information content (AvgIpc) is 2.87. The van der Waals surface area contributed by atoms with Crippen LogP contribution in [0.3, 0.4) is 0 Å². The molecule has 3 aliphatic rings. The molecule has 2 unspecified atom stereocenters. The number of fused-ring (bicyclic) bond motifs is 2. The van der Waals surface area contributed by atoms with E-state index in [1.54, 1.807) is 0 Å². The highest BCUT2D eigenvalue weighted by molar-refractivity contribution is 5.75. The zero-order valence-electron chi connectivity index (χ0n) is 13.7. The first-order valence-electron chi connectivity index (χ1n) is 9.04. The van der Waals surface area contributed by atoms with Crippen LogP contribution in [-0.2, 0) is 9.53 Å². The van der Waals surface area contributed by atoms with Crippen LogP contribution in [0.5, 0.6) is 0 Å². The lowest BCUT2D eigenvalue weighted by Crippen LogP contribution is -2.42. The summed E-state index contributed by atoms with van der Waals surface area (Å²) in [5.41, 5.74) is 1.000. The highest BCUT2D eigenvalue weighted by Crippen LogP contribution is 2.53. The molecular weight excluding hydrogens is 286 g/mol. The first kappa shape index (κ1) is 14.9. The molecule has 122 valence electrons. The number of nitrogens with zero attached hydrogens (tertiary/aromatic N) is 1. The molecule has 23 heavy (non-hydrogen) atoms. The summed E-state index contributed by atoms with van der Waals surface area (Å²) in [6, 6.07) is 6.00. The van der Waals surface area contributed by atoms with Gasteiger partial charge in [0, 0.05) is 12.1 Å². The molecule has 6 atom stereocenters. The van der Waals surface area contributed by atoms with Crippen molar-refractivity contribution in [3.63, 3.8) is 0 Å². The van der Waals surface area contributed by atoms with Gasteiger partial charge >= 0.3 is 5.97 Å². The van der Waals surface area contributed by atoms with Gasteiger partial charge < -0.3 is 4.74 Å². The van der Waals surface area contributed by atoms with Crippen LogP contribution >= 0.6 is 0 Å². The number of rotatable bonds is 2. The van der Waals surface area contributed by atoms with Crippen molar-refractivity contribution < 1.29 is 9.53 Å².